The molecule has 4 nitrogen and oxygen atoms in total. The predicted octanol–water partition coefficient (Wildman–Crippen LogP) is 1.81. The number of hydrogen-bond acceptors (Lipinski definition) is 4. The van der Waals surface area contributed by atoms with Crippen molar-refractivity contribution in [3.63, 3.8) is 0 Å². The molecule has 0 atom stereocenters. The molecule has 0 spiro atoms. The van der Waals surface area contributed by atoms with Crippen LogP contribution in [0, 0.1) is 0 Å². The molecule has 0 aliphatic heterocycles. The third-order valence-electron chi connectivity index (χ3n) is 2.02. The van der Waals surface area contributed by atoms with Gasteiger partial charge >= 0.3 is 0 Å². The molecule has 5 heteroatoms. The van der Waals surface area contributed by atoms with Crippen molar-refractivity contribution in [3.8, 4) is 0 Å². The molecule has 0 bridgehead atoms. The van der Waals surface area contributed by atoms with Crippen molar-refractivity contribution >= 4 is 23.1 Å². The summed E-state index contributed by atoms with van der Waals surface area (Å²) in [5.41, 5.74) is 0.857. The lowest BCUT2D eigenvalue weighted by molar-refractivity contribution is 0.0996. The Morgan fingerprint density at radius 1 is 1.33 bits per heavy atom. The summed E-state index contributed by atoms with van der Waals surface area (Å²) in [6, 6.07) is 9.46. The second-order valence-corrected chi connectivity index (χ2v) is 3.77. The summed E-state index contributed by atoms with van der Waals surface area (Å²) in [5, 5.41) is 3.64. The van der Waals surface area contributed by atoms with Crippen LogP contribution in [0.2, 0.25) is 0 Å². The van der Waals surface area contributed by atoms with Gasteiger partial charge in [0.25, 0.3) is 5.91 Å². The van der Waals surface area contributed by atoms with Crippen molar-refractivity contribution in [1.82, 2.24) is 9.59 Å². The Hall–Kier alpha value is -1.75. The summed E-state index contributed by atoms with van der Waals surface area (Å²) >= 11 is 1.10. The Labute approximate surface area is 91.3 Å². The fourth-order valence-electron chi connectivity index (χ4n) is 1.20. The van der Waals surface area contributed by atoms with Gasteiger partial charge in [-0.2, -0.15) is 0 Å². The zero-order valence-corrected chi connectivity index (χ0v) is 8.94. The maximum atomic E-state index is 11.9. The van der Waals surface area contributed by atoms with Gasteiger partial charge in [0.15, 0.2) is 0 Å². The van der Waals surface area contributed by atoms with Crippen molar-refractivity contribution in [1.29, 1.82) is 0 Å². The van der Waals surface area contributed by atoms with E-state index in [0.717, 1.165) is 17.2 Å². The first-order valence-electron chi connectivity index (χ1n) is 4.39. The van der Waals surface area contributed by atoms with E-state index in [1.807, 2.05) is 30.3 Å². The van der Waals surface area contributed by atoms with E-state index in [0.29, 0.717) is 4.88 Å². The Bertz CT molecular complexity index is 441. The largest absolute Gasteiger partial charge is 0.311 e. The van der Waals surface area contributed by atoms with Crippen LogP contribution in [-0.2, 0) is 0 Å². The summed E-state index contributed by atoms with van der Waals surface area (Å²) < 4.78 is 3.66. The van der Waals surface area contributed by atoms with Crippen molar-refractivity contribution in [2.24, 2.45) is 0 Å². The second-order valence-electron chi connectivity index (χ2n) is 2.98. The molecule has 0 N–H and O–H groups in total. The van der Waals surface area contributed by atoms with Crippen LogP contribution in [0.15, 0.2) is 36.5 Å². The molecular formula is C10H9N3OS. The first-order chi connectivity index (χ1) is 7.29. The average Bonchev–Trinajstić information content (AvgIpc) is 2.82. The molecule has 0 aliphatic rings. The number of anilines is 1. The van der Waals surface area contributed by atoms with Crippen LogP contribution in [-0.4, -0.2) is 22.5 Å². The number of carbonyl (C=O) groups excluding carboxylic acids is 1. The van der Waals surface area contributed by atoms with Crippen LogP contribution in [0.3, 0.4) is 0 Å². The highest BCUT2D eigenvalue weighted by molar-refractivity contribution is 7.07. The molecule has 1 heterocycles. The molecule has 1 amide bonds. The summed E-state index contributed by atoms with van der Waals surface area (Å²) in [6.45, 7) is 0. The lowest BCUT2D eigenvalue weighted by atomic mass is 10.3. The van der Waals surface area contributed by atoms with Crippen molar-refractivity contribution in [2.45, 2.75) is 0 Å². The van der Waals surface area contributed by atoms with Gasteiger partial charge in [-0.3, -0.25) is 4.79 Å². The van der Waals surface area contributed by atoms with Gasteiger partial charge in [0, 0.05) is 12.7 Å². The van der Waals surface area contributed by atoms with Crippen LogP contribution in [0.4, 0.5) is 5.69 Å². The number of carbonyl (C=O) groups is 1. The summed E-state index contributed by atoms with van der Waals surface area (Å²) in [6.07, 6.45) is 1.48. The van der Waals surface area contributed by atoms with E-state index >= 15 is 0 Å². The number of nitrogens with zero attached hydrogens (tertiary/aromatic N) is 3. The topological polar surface area (TPSA) is 46.1 Å². The molecule has 2 aromatic rings. The van der Waals surface area contributed by atoms with E-state index in [1.165, 1.54) is 6.20 Å². The van der Waals surface area contributed by atoms with E-state index in [-0.39, 0.29) is 5.91 Å². The molecule has 76 valence electrons. The molecule has 0 fully saturated rings. The van der Waals surface area contributed by atoms with E-state index in [2.05, 4.69) is 9.59 Å². The monoisotopic (exact) mass is 219 g/mol. The van der Waals surface area contributed by atoms with Crippen LogP contribution < -0.4 is 4.90 Å². The van der Waals surface area contributed by atoms with E-state index in [1.54, 1.807) is 11.9 Å². The number of rotatable bonds is 2. The highest BCUT2D eigenvalue weighted by Crippen LogP contribution is 2.15. The van der Waals surface area contributed by atoms with E-state index in [4.69, 9.17) is 0 Å². The molecule has 0 radical (unpaired) electrons. The fraction of sp³-hybridized carbons (Fsp3) is 0.100. The molecule has 0 saturated heterocycles. The quantitative estimate of drug-likeness (QED) is 0.774. The summed E-state index contributed by atoms with van der Waals surface area (Å²) in [7, 11) is 1.73. The van der Waals surface area contributed by atoms with Gasteiger partial charge in [-0.15, -0.1) is 5.10 Å². The molecule has 0 aliphatic carbocycles. The lowest BCUT2D eigenvalue weighted by Crippen LogP contribution is -2.25. The van der Waals surface area contributed by atoms with Crippen molar-refractivity contribution in [2.75, 3.05) is 11.9 Å². The number of aromatic nitrogens is 2. The number of para-hydroxylation sites is 1. The number of hydrogen-bond donors (Lipinski definition) is 0. The van der Waals surface area contributed by atoms with Crippen LogP contribution in [0.25, 0.3) is 0 Å². The molecule has 0 unspecified atom stereocenters. The van der Waals surface area contributed by atoms with Gasteiger partial charge in [0.1, 0.15) is 4.88 Å². The smallest absolute Gasteiger partial charge is 0.271 e. The minimum atomic E-state index is -0.0869. The average molecular weight is 219 g/mol. The standard InChI is InChI=1S/C10H9N3OS/c1-13(8-5-3-2-4-6-8)10(14)9-7-11-12-15-9/h2-7H,1H3. The lowest BCUT2D eigenvalue weighted by Gasteiger charge is -2.15. The first kappa shape index (κ1) is 9.79. The second kappa shape index (κ2) is 4.18. The van der Waals surface area contributed by atoms with Crippen LogP contribution in [0.5, 0.6) is 0 Å². The fourth-order valence-corrected chi connectivity index (χ4v) is 1.69. The SMILES string of the molecule is CN(C(=O)c1cnns1)c1ccccc1. The minimum absolute atomic E-state index is 0.0869. The molecule has 1 aromatic heterocycles. The molecule has 0 saturated carbocycles. The summed E-state index contributed by atoms with van der Waals surface area (Å²) in [4.78, 5) is 14.0. The van der Waals surface area contributed by atoms with Gasteiger partial charge in [0.05, 0.1) is 6.20 Å². The van der Waals surface area contributed by atoms with Gasteiger partial charge in [0.2, 0.25) is 0 Å². The van der Waals surface area contributed by atoms with Crippen LogP contribution in [0.1, 0.15) is 9.67 Å². The maximum Gasteiger partial charge on any atom is 0.271 e. The van der Waals surface area contributed by atoms with Gasteiger partial charge in [-0.25, -0.2) is 0 Å². The Balaban J connectivity index is 2.23. The van der Waals surface area contributed by atoms with Crippen molar-refractivity contribution in [3.05, 3.63) is 41.4 Å². The van der Waals surface area contributed by atoms with Crippen molar-refractivity contribution < 1.29 is 4.79 Å². The summed E-state index contributed by atoms with van der Waals surface area (Å²) in [5.74, 6) is -0.0869. The van der Waals surface area contributed by atoms with Gasteiger partial charge in [-0.05, 0) is 23.7 Å². The highest BCUT2D eigenvalue weighted by atomic mass is 32.1. The first-order valence-corrected chi connectivity index (χ1v) is 5.17. The van der Waals surface area contributed by atoms with Crippen LogP contribution >= 0.6 is 11.5 Å². The maximum absolute atomic E-state index is 11.9. The Morgan fingerprint density at radius 3 is 2.67 bits per heavy atom. The Morgan fingerprint density at radius 2 is 2.07 bits per heavy atom. The molecular weight excluding hydrogens is 210 g/mol. The molecule has 15 heavy (non-hydrogen) atoms. The number of benzene rings is 1. The third-order valence-corrected chi connectivity index (χ3v) is 2.67. The van der Waals surface area contributed by atoms with E-state index < -0.39 is 0 Å². The van der Waals surface area contributed by atoms with E-state index in [9.17, 15) is 4.79 Å². The molecule has 2 rings (SSSR count). The molecule has 1 aromatic carbocycles. The normalized spacial score (nSPS) is 9.93. The minimum Gasteiger partial charge on any atom is -0.311 e. The zero-order chi connectivity index (χ0) is 10.7. The van der Waals surface area contributed by atoms with Gasteiger partial charge in [-0.1, -0.05) is 22.7 Å². The highest BCUT2D eigenvalue weighted by Gasteiger charge is 2.14. The predicted molar refractivity (Wildman–Crippen MR) is 59.1 cm³/mol. The zero-order valence-electron chi connectivity index (χ0n) is 8.12. The van der Waals surface area contributed by atoms with Gasteiger partial charge < -0.3 is 4.90 Å². The third kappa shape index (κ3) is 2.02. The Kier molecular flexibility index (Phi) is 2.73. The number of amides is 1.